The maximum Gasteiger partial charge on any atom is 0.199 e. The number of pyridine rings is 2. The van der Waals surface area contributed by atoms with Gasteiger partial charge in [-0.05, 0) is 82.0 Å². The topological polar surface area (TPSA) is 95.0 Å². The molecule has 8 nitrogen and oxygen atoms in total. The SMILES string of the molecule is CC1=C(c2n[nH]c(C3CCN(Cc4ccc(-c5nc6ccnc(C)c6cc5C5=CC#CCCC5)cc4)CC3)n2)NCC=N1. The van der Waals surface area contributed by atoms with Crippen molar-refractivity contribution in [2.75, 3.05) is 19.6 Å². The molecule has 0 atom stereocenters. The highest BCUT2D eigenvalue weighted by molar-refractivity contribution is 5.91. The summed E-state index contributed by atoms with van der Waals surface area (Å²) in [6.45, 7) is 7.75. The first-order valence-corrected chi connectivity index (χ1v) is 15.3. The minimum absolute atomic E-state index is 0.395. The summed E-state index contributed by atoms with van der Waals surface area (Å²) in [5.41, 5.74) is 9.74. The van der Waals surface area contributed by atoms with Crippen LogP contribution < -0.4 is 5.32 Å². The van der Waals surface area contributed by atoms with E-state index in [1.807, 2.05) is 25.4 Å². The Morgan fingerprint density at radius 1 is 1.05 bits per heavy atom. The second-order valence-electron chi connectivity index (χ2n) is 11.6. The van der Waals surface area contributed by atoms with E-state index in [1.165, 1.54) is 16.7 Å². The lowest BCUT2D eigenvalue weighted by Crippen LogP contribution is -2.32. The van der Waals surface area contributed by atoms with Gasteiger partial charge in [-0.25, -0.2) is 9.97 Å². The van der Waals surface area contributed by atoms with E-state index in [2.05, 4.69) is 85.6 Å². The summed E-state index contributed by atoms with van der Waals surface area (Å²) in [6, 6.07) is 13.3. The van der Waals surface area contributed by atoms with Crippen molar-refractivity contribution in [3.63, 3.8) is 0 Å². The van der Waals surface area contributed by atoms with Crippen LogP contribution in [0.1, 0.15) is 73.4 Å². The second-order valence-corrected chi connectivity index (χ2v) is 11.6. The van der Waals surface area contributed by atoms with Gasteiger partial charge in [-0.15, -0.1) is 0 Å². The molecule has 0 bridgehead atoms. The summed E-state index contributed by atoms with van der Waals surface area (Å²) in [4.78, 5) is 21.4. The molecule has 4 aromatic rings. The number of hydrogen-bond acceptors (Lipinski definition) is 7. The minimum Gasteiger partial charge on any atom is -0.375 e. The van der Waals surface area contributed by atoms with Crippen LogP contribution >= 0.6 is 0 Å². The molecule has 1 fully saturated rings. The number of likely N-dealkylation sites (tertiary alicyclic amines) is 1. The largest absolute Gasteiger partial charge is 0.375 e. The molecule has 0 spiro atoms. The number of aliphatic imine (C=N–C) groups is 1. The van der Waals surface area contributed by atoms with Gasteiger partial charge in [0, 0.05) is 53.5 Å². The maximum absolute atomic E-state index is 5.16. The Bertz CT molecular complexity index is 1810. The lowest BCUT2D eigenvalue weighted by Gasteiger charge is -2.31. The van der Waals surface area contributed by atoms with E-state index in [4.69, 9.17) is 9.97 Å². The predicted molar refractivity (Wildman–Crippen MR) is 172 cm³/mol. The van der Waals surface area contributed by atoms with Crippen molar-refractivity contribution >= 4 is 28.4 Å². The molecule has 216 valence electrons. The van der Waals surface area contributed by atoms with Gasteiger partial charge < -0.3 is 5.32 Å². The molecule has 8 heteroatoms. The van der Waals surface area contributed by atoms with Crippen molar-refractivity contribution in [2.24, 2.45) is 4.99 Å². The molecule has 1 saturated heterocycles. The quantitative estimate of drug-likeness (QED) is 0.276. The number of aromatic nitrogens is 5. The Balaban J connectivity index is 1.05. The van der Waals surface area contributed by atoms with Crippen LogP contribution in [0.2, 0.25) is 0 Å². The van der Waals surface area contributed by atoms with Crippen LogP contribution in [0, 0.1) is 18.8 Å². The molecule has 5 heterocycles. The average Bonchev–Trinajstić information content (AvgIpc) is 3.36. The van der Waals surface area contributed by atoms with Crippen LogP contribution in [0.4, 0.5) is 0 Å². The van der Waals surface area contributed by atoms with E-state index < -0.39 is 0 Å². The zero-order valence-electron chi connectivity index (χ0n) is 24.8. The Kier molecular flexibility index (Phi) is 7.56. The first-order valence-electron chi connectivity index (χ1n) is 15.3. The van der Waals surface area contributed by atoms with Crippen molar-refractivity contribution in [3.05, 3.63) is 82.8 Å². The smallest absolute Gasteiger partial charge is 0.199 e. The first-order chi connectivity index (χ1) is 21.1. The molecule has 0 radical (unpaired) electrons. The van der Waals surface area contributed by atoms with E-state index in [1.54, 1.807) is 0 Å². The fourth-order valence-electron chi connectivity index (χ4n) is 6.28. The molecular weight excluding hydrogens is 532 g/mol. The molecule has 1 aromatic carbocycles. The van der Waals surface area contributed by atoms with E-state index in [0.717, 1.165) is 96.8 Å². The molecule has 0 saturated carbocycles. The van der Waals surface area contributed by atoms with Crippen LogP contribution in [0.3, 0.4) is 0 Å². The van der Waals surface area contributed by atoms with Crippen molar-refractivity contribution in [3.8, 4) is 23.1 Å². The number of aryl methyl sites for hydroxylation is 1. The van der Waals surface area contributed by atoms with Gasteiger partial charge in [0.15, 0.2) is 5.82 Å². The van der Waals surface area contributed by atoms with Crippen LogP contribution in [0.25, 0.3) is 33.4 Å². The normalized spacial score (nSPS) is 17.8. The molecule has 0 unspecified atom stereocenters. The number of nitrogens with zero attached hydrogens (tertiary/aromatic N) is 6. The zero-order valence-corrected chi connectivity index (χ0v) is 24.8. The third-order valence-electron chi connectivity index (χ3n) is 8.74. The summed E-state index contributed by atoms with van der Waals surface area (Å²) in [6.07, 6.45) is 10.9. The molecule has 3 aromatic heterocycles. The molecule has 3 aliphatic rings. The summed E-state index contributed by atoms with van der Waals surface area (Å²) in [7, 11) is 0. The lowest BCUT2D eigenvalue weighted by molar-refractivity contribution is 0.202. The van der Waals surface area contributed by atoms with Crippen LogP contribution in [-0.2, 0) is 6.54 Å². The number of rotatable bonds is 6. The molecule has 2 aliphatic heterocycles. The van der Waals surface area contributed by atoms with Crippen molar-refractivity contribution in [1.82, 2.24) is 35.4 Å². The van der Waals surface area contributed by atoms with E-state index in [0.29, 0.717) is 18.3 Å². The number of allylic oxidation sites excluding steroid dienone is 3. The van der Waals surface area contributed by atoms with E-state index in [9.17, 15) is 0 Å². The van der Waals surface area contributed by atoms with Gasteiger partial charge in [-0.1, -0.05) is 36.1 Å². The number of aromatic amines is 1. The number of hydrogen-bond donors (Lipinski definition) is 2. The van der Waals surface area contributed by atoms with Crippen LogP contribution in [-0.4, -0.2) is 55.9 Å². The zero-order chi connectivity index (χ0) is 29.2. The summed E-state index contributed by atoms with van der Waals surface area (Å²) < 4.78 is 0. The average molecular weight is 569 g/mol. The summed E-state index contributed by atoms with van der Waals surface area (Å²) >= 11 is 0. The highest BCUT2D eigenvalue weighted by atomic mass is 15.2. The van der Waals surface area contributed by atoms with Crippen LogP contribution in [0.15, 0.2) is 59.4 Å². The Hall–Kier alpha value is -4.61. The Labute approximate surface area is 252 Å². The second kappa shape index (κ2) is 11.9. The van der Waals surface area contributed by atoms with Gasteiger partial charge >= 0.3 is 0 Å². The maximum atomic E-state index is 5.16. The molecule has 43 heavy (non-hydrogen) atoms. The van der Waals surface area contributed by atoms with Gasteiger partial charge in [0.05, 0.1) is 23.5 Å². The minimum atomic E-state index is 0.395. The highest BCUT2D eigenvalue weighted by Gasteiger charge is 2.25. The van der Waals surface area contributed by atoms with Crippen molar-refractivity contribution in [1.29, 1.82) is 0 Å². The number of H-pyrrole nitrogens is 1. The summed E-state index contributed by atoms with van der Waals surface area (Å²) in [5.74, 6) is 8.58. The monoisotopic (exact) mass is 568 g/mol. The molecule has 1 aliphatic carbocycles. The third kappa shape index (κ3) is 5.73. The van der Waals surface area contributed by atoms with Gasteiger partial charge in [0.1, 0.15) is 11.5 Å². The number of benzene rings is 1. The van der Waals surface area contributed by atoms with Gasteiger partial charge in [0.2, 0.25) is 0 Å². The van der Waals surface area contributed by atoms with Gasteiger partial charge in [-0.2, -0.15) is 5.10 Å². The van der Waals surface area contributed by atoms with Gasteiger partial charge in [0.25, 0.3) is 0 Å². The molecular formula is C35H36N8. The number of nitrogens with one attached hydrogen (secondary N) is 2. The van der Waals surface area contributed by atoms with Crippen LogP contribution in [0.5, 0.6) is 0 Å². The Morgan fingerprint density at radius 3 is 2.74 bits per heavy atom. The van der Waals surface area contributed by atoms with Crippen molar-refractivity contribution in [2.45, 2.75) is 58.4 Å². The number of piperidine rings is 1. The molecule has 7 rings (SSSR count). The van der Waals surface area contributed by atoms with E-state index >= 15 is 0 Å². The predicted octanol–water partition coefficient (Wildman–Crippen LogP) is 6.04. The first kappa shape index (κ1) is 27.2. The van der Waals surface area contributed by atoms with E-state index in [-0.39, 0.29) is 0 Å². The summed E-state index contributed by atoms with van der Waals surface area (Å²) in [5, 5.41) is 12.1. The fraction of sp³-hybridized carbons (Fsp3) is 0.343. The number of fused-ring (bicyclic) bond motifs is 1. The highest BCUT2D eigenvalue weighted by Crippen LogP contribution is 2.34. The van der Waals surface area contributed by atoms with Crippen molar-refractivity contribution < 1.29 is 0 Å². The Morgan fingerprint density at radius 2 is 1.91 bits per heavy atom. The standard InChI is InChI=1S/C35H36N8/c1-23-29-21-30(26-7-5-3-4-6-8-26)33(39-31(29)13-16-36-23)27-11-9-25(10-12-27)22-43-19-14-28(15-20-43)34-40-35(42-41-34)32-24(2)37-17-18-38-32/h8-13,16-17,21,28,38H,3,5,7,14-15,18-20,22H2,1-2H3,(H,40,41,42). The third-order valence-corrected chi connectivity index (χ3v) is 8.74. The fourth-order valence-corrected chi connectivity index (χ4v) is 6.28. The van der Waals surface area contributed by atoms with Gasteiger partial charge in [-0.3, -0.25) is 20.0 Å². The molecule has 2 N–H and O–H groups in total. The molecule has 0 amide bonds. The lowest BCUT2D eigenvalue weighted by atomic mass is 9.93.